The van der Waals surface area contributed by atoms with Gasteiger partial charge < -0.3 is 10.6 Å². The van der Waals surface area contributed by atoms with Gasteiger partial charge in [0.25, 0.3) is 0 Å². The fourth-order valence-electron chi connectivity index (χ4n) is 2.73. The van der Waals surface area contributed by atoms with Gasteiger partial charge in [-0.1, -0.05) is 26.3 Å². The molecule has 2 heterocycles. The predicted octanol–water partition coefficient (Wildman–Crippen LogP) is 3.09. The van der Waals surface area contributed by atoms with Crippen LogP contribution in [0.5, 0.6) is 0 Å². The van der Waals surface area contributed by atoms with Gasteiger partial charge in [-0.3, -0.25) is 4.79 Å². The lowest BCUT2D eigenvalue weighted by atomic mass is 9.92. The molecule has 1 saturated heterocycles. The Morgan fingerprint density at radius 3 is 3.11 bits per heavy atom. The zero-order chi connectivity index (χ0) is 13.7. The molecule has 1 fully saturated rings. The molecule has 0 spiro atoms. The first-order valence-corrected chi connectivity index (χ1v) is 8.17. The van der Waals surface area contributed by atoms with Gasteiger partial charge in [0, 0.05) is 4.88 Å². The Bertz CT molecular complexity index is 391. The van der Waals surface area contributed by atoms with Crippen LogP contribution in [-0.4, -0.2) is 18.5 Å². The van der Waals surface area contributed by atoms with Crippen LogP contribution < -0.4 is 10.6 Å². The van der Waals surface area contributed by atoms with E-state index in [2.05, 4.69) is 42.0 Å². The van der Waals surface area contributed by atoms with Crippen LogP contribution in [-0.2, 0) is 4.79 Å². The molecule has 2 N–H and O–H groups in total. The lowest BCUT2D eigenvalue weighted by molar-refractivity contribution is -0.125. The zero-order valence-electron chi connectivity index (χ0n) is 11.8. The second-order valence-corrected chi connectivity index (χ2v) is 6.40. The third-order valence-corrected chi connectivity index (χ3v) is 4.82. The summed E-state index contributed by atoms with van der Waals surface area (Å²) in [4.78, 5) is 13.7. The highest BCUT2D eigenvalue weighted by Crippen LogP contribution is 2.24. The molecule has 19 heavy (non-hydrogen) atoms. The van der Waals surface area contributed by atoms with Crippen LogP contribution in [0.2, 0.25) is 0 Å². The van der Waals surface area contributed by atoms with Crippen LogP contribution in [0, 0.1) is 5.92 Å². The number of piperidine rings is 1. The van der Waals surface area contributed by atoms with Crippen molar-refractivity contribution >= 4 is 17.2 Å². The lowest BCUT2D eigenvalue weighted by Crippen LogP contribution is -2.51. The van der Waals surface area contributed by atoms with E-state index >= 15 is 0 Å². The van der Waals surface area contributed by atoms with E-state index in [1.54, 1.807) is 11.3 Å². The largest absolute Gasteiger partial charge is 0.347 e. The molecule has 3 atom stereocenters. The maximum atomic E-state index is 12.4. The monoisotopic (exact) mass is 280 g/mol. The van der Waals surface area contributed by atoms with E-state index in [1.807, 2.05) is 0 Å². The molecule has 0 radical (unpaired) electrons. The molecule has 1 aliphatic heterocycles. The van der Waals surface area contributed by atoms with E-state index in [4.69, 9.17) is 0 Å². The Labute approximate surface area is 119 Å². The smallest absolute Gasteiger partial charge is 0.237 e. The normalized spacial score (nSPS) is 24.9. The number of thiophene rings is 1. The molecule has 1 aliphatic rings. The van der Waals surface area contributed by atoms with Crippen molar-refractivity contribution in [2.45, 2.75) is 51.6 Å². The minimum absolute atomic E-state index is 0.0203. The summed E-state index contributed by atoms with van der Waals surface area (Å²) >= 11 is 1.73. The van der Waals surface area contributed by atoms with E-state index in [-0.39, 0.29) is 18.0 Å². The summed E-state index contributed by atoms with van der Waals surface area (Å²) in [6, 6.07) is 4.32. The standard InChI is InChI=1S/C15H24N2OS/c1-3-6-12(13-8-5-10-19-13)17-15(18)14-11(2)7-4-9-16-14/h5,8,10-12,14,16H,3-4,6-7,9H2,1-2H3,(H,17,18). The van der Waals surface area contributed by atoms with Gasteiger partial charge in [0.1, 0.15) is 0 Å². The van der Waals surface area contributed by atoms with Crippen molar-refractivity contribution in [3.05, 3.63) is 22.4 Å². The minimum Gasteiger partial charge on any atom is -0.347 e. The van der Waals surface area contributed by atoms with E-state index in [0.717, 1.165) is 25.8 Å². The number of nitrogens with one attached hydrogen (secondary N) is 2. The first kappa shape index (κ1) is 14.5. The Morgan fingerprint density at radius 2 is 2.47 bits per heavy atom. The van der Waals surface area contributed by atoms with Crippen LogP contribution in [0.15, 0.2) is 17.5 Å². The second kappa shape index (κ2) is 7.06. The molecule has 0 aromatic carbocycles. The zero-order valence-corrected chi connectivity index (χ0v) is 12.6. The van der Waals surface area contributed by atoms with Crippen LogP contribution in [0.4, 0.5) is 0 Å². The van der Waals surface area contributed by atoms with Gasteiger partial charge in [0.2, 0.25) is 5.91 Å². The summed E-state index contributed by atoms with van der Waals surface area (Å²) in [6.45, 7) is 5.28. The minimum atomic E-state index is -0.0203. The molecule has 0 aliphatic carbocycles. The molecule has 4 heteroatoms. The van der Waals surface area contributed by atoms with Gasteiger partial charge in [-0.25, -0.2) is 0 Å². The molecule has 1 aromatic rings. The second-order valence-electron chi connectivity index (χ2n) is 5.42. The van der Waals surface area contributed by atoms with Crippen LogP contribution >= 0.6 is 11.3 Å². The maximum Gasteiger partial charge on any atom is 0.237 e. The quantitative estimate of drug-likeness (QED) is 0.870. The van der Waals surface area contributed by atoms with Crippen LogP contribution in [0.3, 0.4) is 0 Å². The van der Waals surface area contributed by atoms with Crippen molar-refractivity contribution in [3.8, 4) is 0 Å². The van der Waals surface area contributed by atoms with E-state index in [9.17, 15) is 4.79 Å². The van der Waals surface area contributed by atoms with E-state index in [1.165, 1.54) is 11.3 Å². The molecule has 106 valence electrons. The van der Waals surface area contributed by atoms with Gasteiger partial charge in [0.05, 0.1) is 12.1 Å². The number of amides is 1. The van der Waals surface area contributed by atoms with Gasteiger partial charge in [-0.2, -0.15) is 0 Å². The predicted molar refractivity (Wildman–Crippen MR) is 80.3 cm³/mol. The maximum absolute atomic E-state index is 12.4. The highest BCUT2D eigenvalue weighted by molar-refractivity contribution is 7.10. The first-order chi connectivity index (χ1) is 9.22. The number of hydrogen-bond acceptors (Lipinski definition) is 3. The number of hydrogen-bond donors (Lipinski definition) is 2. The van der Waals surface area contributed by atoms with Crippen molar-refractivity contribution in [2.24, 2.45) is 5.92 Å². The van der Waals surface area contributed by atoms with Crippen molar-refractivity contribution in [2.75, 3.05) is 6.54 Å². The molecule has 3 nitrogen and oxygen atoms in total. The molecule has 0 bridgehead atoms. The third-order valence-electron chi connectivity index (χ3n) is 3.83. The number of carbonyl (C=O) groups is 1. The summed E-state index contributed by atoms with van der Waals surface area (Å²) in [5.41, 5.74) is 0. The topological polar surface area (TPSA) is 41.1 Å². The third kappa shape index (κ3) is 3.80. The van der Waals surface area contributed by atoms with E-state index < -0.39 is 0 Å². The molecule has 0 saturated carbocycles. The Kier molecular flexibility index (Phi) is 5.40. The molecule has 2 rings (SSSR count). The van der Waals surface area contributed by atoms with Crippen molar-refractivity contribution in [1.82, 2.24) is 10.6 Å². The highest BCUT2D eigenvalue weighted by atomic mass is 32.1. The fourth-order valence-corrected chi connectivity index (χ4v) is 3.54. The van der Waals surface area contributed by atoms with Crippen LogP contribution in [0.25, 0.3) is 0 Å². The van der Waals surface area contributed by atoms with Crippen LogP contribution in [0.1, 0.15) is 50.4 Å². The Balaban J connectivity index is 1.98. The SMILES string of the molecule is CCCC(NC(=O)C1NCCCC1C)c1cccs1. The Hall–Kier alpha value is -0.870. The summed E-state index contributed by atoms with van der Waals surface area (Å²) in [6.07, 6.45) is 4.40. The molecule has 1 aromatic heterocycles. The van der Waals surface area contributed by atoms with Gasteiger partial charge >= 0.3 is 0 Å². The average Bonchev–Trinajstić information content (AvgIpc) is 2.92. The first-order valence-electron chi connectivity index (χ1n) is 7.29. The summed E-state index contributed by atoms with van der Waals surface area (Å²) in [5.74, 6) is 0.596. The van der Waals surface area contributed by atoms with E-state index in [0.29, 0.717) is 5.92 Å². The Morgan fingerprint density at radius 1 is 1.63 bits per heavy atom. The lowest BCUT2D eigenvalue weighted by Gasteiger charge is -2.30. The fraction of sp³-hybridized carbons (Fsp3) is 0.667. The summed E-state index contributed by atoms with van der Waals surface area (Å²) in [7, 11) is 0. The molecule has 3 unspecified atom stereocenters. The van der Waals surface area contributed by atoms with Gasteiger partial charge in [0.15, 0.2) is 0 Å². The van der Waals surface area contributed by atoms with Crippen molar-refractivity contribution in [3.63, 3.8) is 0 Å². The van der Waals surface area contributed by atoms with Crippen molar-refractivity contribution in [1.29, 1.82) is 0 Å². The van der Waals surface area contributed by atoms with Crippen molar-refractivity contribution < 1.29 is 4.79 Å². The summed E-state index contributed by atoms with van der Waals surface area (Å²) in [5, 5.41) is 8.66. The van der Waals surface area contributed by atoms with Gasteiger partial charge in [-0.05, 0) is 43.2 Å². The molecular weight excluding hydrogens is 256 g/mol. The highest BCUT2D eigenvalue weighted by Gasteiger charge is 2.28. The number of carbonyl (C=O) groups excluding carboxylic acids is 1. The van der Waals surface area contributed by atoms with Gasteiger partial charge in [-0.15, -0.1) is 11.3 Å². The summed E-state index contributed by atoms with van der Waals surface area (Å²) < 4.78 is 0. The molecule has 1 amide bonds. The number of rotatable bonds is 5. The molecular formula is C15H24N2OS. The average molecular weight is 280 g/mol.